The molecule has 0 bridgehead atoms. The Bertz CT molecular complexity index is 361. The number of benzene rings is 1. The molecule has 1 aromatic rings. The third-order valence-electron chi connectivity index (χ3n) is 2.62. The lowest BCUT2D eigenvalue weighted by molar-refractivity contribution is 0.112. The number of aldehydes is 1. The minimum Gasteiger partial charge on any atom is -0.497 e. The maximum Gasteiger partial charge on any atom is 0.150 e. The minimum absolute atomic E-state index is 0.292. The molecule has 88 valence electrons. The molecule has 0 heterocycles. The van der Waals surface area contributed by atoms with Crippen molar-refractivity contribution in [3.8, 4) is 5.75 Å². The van der Waals surface area contributed by atoms with Crippen molar-refractivity contribution in [1.82, 2.24) is 0 Å². The van der Waals surface area contributed by atoms with E-state index in [4.69, 9.17) is 4.74 Å². The zero-order chi connectivity index (χ0) is 12.2. The number of hydrogen-bond acceptors (Lipinski definition) is 2. The van der Waals surface area contributed by atoms with E-state index in [0.29, 0.717) is 5.41 Å². The highest BCUT2D eigenvalue weighted by Gasteiger charge is 2.12. The highest BCUT2D eigenvalue weighted by atomic mass is 16.5. The average molecular weight is 220 g/mol. The van der Waals surface area contributed by atoms with Crippen LogP contribution in [0.2, 0.25) is 0 Å². The second kappa shape index (κ2) is 5.15. The van der Waals surface area contributed by atoms with E-state index >= 15 is 0 Å². The van der Waals surface area contributed by atoms with Gasteiger partial charge in [-0.25, -0.2) is 0 Å². The van der Waals surface area contributed by atoms with Crippen LogP contribution in [-0.2, 0) is 6.42 Å². The number of carbonyl (C=O) groups excluding carboxylic acids is 1. The Balaban J connectivity index is 2.84. The van der Waals surface area contributed by atoms with Gasteiger partial charge in [-0.2, -0.15) is 0 Å². The van der Waals surface area contributed by atoms with Gasteiger partial charge in [-0.15, -0.1) is 0 Å². The maximum atomic E-state index is 11.0. The van der Waals surface area contributed by atoms with Gasteiger partial charge < -0.3 is 4.74 Å². The number of hydrogen-bond donors (Lipinski definition) is 0. The fraction of sp³-hybridized carbons (Fsp3) is 0.500. The minimum atomic E-state index is 0.292. The van der Waals surface area contributed by atoms with Gasteiger partial charge in [0.05, 0.1) is 7.11 Å². The maximum absolute atomic E-state index is 11.0. The van der Waals surface area contributed by atoms with E-state index in [-0.39, 0.29) is 0 Å². The van der Waals surface area contributed by atoms with Gasteiger partial charge in [0.15, 0.2) is 0 Å². The van der Waals surface area contributed by atoms with Crippen molar-refractivity contribution in [2.45, 2.75) is 33.6 Å². The van der Waals surface area contributed by atoms with Gasteiger partial charge in [-0.05, 0) is 36.0 Å². The summed E-state index contributed by atoms with van der Waals surface area (Å²) in [6.45, 7) is 6.62. The Hall–Kier alpha value is -1.31. The van der Waals surface area contributed by atoms with Crippen LogP contribution in [-0.4, -0.2) is 13.4 Å². The molecule has 0 saturated carbocycles. The molecular weight excluding hydrogens is 200 g/mol. The molecule has 1 aromatic carbocycles. The van der Waals surface area contributed by atoms with Gasteiger partial charge in [0.25, 0.3) is 0 Å². The number of aryl methyl sites for hydroxylation is 1. The first-order valence-corrected chi connectivity index (χ1v) is 5.58. The smallest absolute Gasteiger partial charge is 0.150 e. The van der Waals surface area contributed by atoms with Crippen molar-refractivity contribution in [3.05, 3.63) is 29.3 Å². The van der Waals surface area contributed by atoms with Gasteiger partial charge in [0.2, 0.25) is 0 Å². The van der Waals surface area contributed by atoms with Crippen LogP contribution in [0, 0.1) is 5.41 Å². The SMILES string of the molecule is COc1ccc(CCC(C)(C)C)c(C=O)c1. The predicted molar refractivity (Wildman–Crippen MR) is 66.2 cm³/mol. The average Bonchev–Trinajstić information content (AvgIpc) is 2.25. The van der Waals surface area contributed by atoms with Crippen LogP contribution in [0.3, 0.4) is 0 Å². The fourth-order valence-electron chi connectivity index (χ4n) is 1.55. The van der Waals surface area contributed by atoms with E-state index in [1.807, 2.05) is 12.1 Å². The molecule has 0 radical (unpaired) electrons. The highest BCUT2D eigenvalue weighted by molar-refractivity contribution is 5.78. The molecular formula is C14H20O2. The van der Waals surface area contributed by atoms with Crippen LogP contribution in [0.15, 0.2) is 18.2 Å². The fourth-order valence-corrected chi connectivity index (χ4v) is 1.55. The topological polar surface area (TPSA) is 26.3 Å². The number of ether oxygens (including phenoxy) is 1. The largest absolute Gasteiger partial charge is 0.497 e. The van der Waals surface area contributed by atoms with Crippen LogP contribution >= 0.6 is 0 Å². The third-order valence-corrected chi connectivity index (χ3v) is 2.62. The Morgan fingerprint density at radius 2 is 2.00 bits per heavy atom. The molecule has 0 atom stereocenters. The Labute approximate surface area is 97.6 Å². The molecule has 0 N–H and O–H groups in total. The highest BCUT2D eigenvalue weighted by Crippen LogP contribution is 2.24. The molecule has 0 aliphatic rings. The van der Waals surface area contributed by atoms with E-state index in [9.17, 15) is 4.79 Å². The Morgan fingerprint density at radius 3 is 2.50 bits per heavy atom. The van der Waals surface area contributed by atoms with Crippen LogP contribution in [0.4, 0.5) is 0 Å². The predicted octanol–water partition coefficient (Wildman–Crippen LogP) is 3.49. The Morgan fingerprint density at radius 1 is 1.31 bits per heavy atom. The lowest BCUT2D eigenvalue weighted by Crippen LogP contribution is -2.07. The molecule has 0 unspecified atom stereocenters. The standard InChI is InChI=1S/C14H20O2/c1-14(2,3)8-7-11-5-6-13(16-4)9-12(11)10-15/h5-6,9-10H,7-8H2,1-4H3. The van der Waals surface area contributed by atoms with E-state index in [0.717, 1.165) is 36.0 Å². The van der Waals surface area contributed by atoms with Gasteiger partial charge in [-0.3, -0.25) is 4.79 Å². The second-order valence-electron chi connectivity index (χ2n) is 5.24. The van der Waals surface area contributed by atoms with Gasteiger partial charge in [0, 0.05) is 5.56 Å². The molecule has 0 amide bonds. The molecule has 16 heavy (non-hydrogen) atoms. The lowest BCUT2D eigenvalue weighted by Gasteiger charge is -2.18. The molecule has 2 heteroatoms. The molecule has 0 aliphatic heterocycles. The summed E-state index contributed by atoms with van der Waals surface area (Å²) in [6, 6.07) is 5.68. The zero-order valence-electron chi connectivity index (χ0n) is 10.5. The van der Waals surface area contributed by atoms with Crippen LogP contribution in [0.25, 0.3) is 0 Å². The van der Waals surface area contributed by atoms with Crippen molar-refractivity contribution < 1.29 is 9.53 Å². The van der Waals surface area contributed by atoms with E-state index in [1.54, 1.807) is 13.2 Å². The van der Waals surface area contributed by atoms with Crippen LogP contribution in [0.5, 0.6) is 5.75 Å². The second-order valence-corrected chi connectivity index (χ2v) is 5.24. The van der Waals surface area contributed by atoms with E-state index < -0.39 is 0 Å². The van der Waals surface area contributed by atoms with E-state index in [1.165, 1.54) is 0 Å². The summed E-state index contributed by atoms with van der Waals surface area (Å²) in [5.41, 5.74) is 2.13. The van der Waals surface area contributed by atoms with Crippen LogP contribution in [0.1, 0.15) is 43.1 Å². The molecule has 0 saturated heterocycles. The van der Waals surface area contributed by atoms with Gasteiger partial charge in [0.1, 0.15) is 12.0 Å². The summed E-state index contributed by atoms with van der Waals surface area (Å²) < 4.78 is 5.10. The number of methoxy groups -OCH3 is 1. The van der Waals surface area contributed by atoms with Crippen molar-refractivity contribution in [3.63, 3.8) is 0 Å². The molecule has 1 rings (SSSR count). The summed E-state index contributed by atoms with van der Waals surface area (Å²) in [5, 5.41) is 0. The quantitative estimate of drug-likeness (QED) is 0.726. The van der Waals surface area contributed by atoms with Crippen molar-refractivity contribution in [2.75, 3.05) is 7.11 Å². The summed E-state index contributed by atoms with van der Waals surface area (Å²) in [6.07, 6.45) is 2.91. The molecule has 0 fully saturated rings. The molecule has 0 aliphatic carbocycles. The summed E-state index contributed by atoms with van der Waals surface area (Å²) in [7, 11) is 1.61. The van der Waals surface area contributed by atoms with Crippen molar-refractivity contribution in [1.29, 1.82) is 0 Å². The Kier molecular flexibility index (Phi) is 4.11. The first kappa shape index (κ1) is 12.8. The third kappa shape index (κ3) is 3.69. The molecule has 0 spiro atoms. The zero-order valence-corrected chi connectivity index (χ0v) is 10.5. The monoisotopic (exact) mass is 220 g/mol. The normalized spacial score (nSPS) is 11.2. The lowest BCUT2D eigenvalue weighted by atomic mass is 9.88. The first-order chi connectivity index (χ1) is 7.46. The summed E-state index contributed by atoms with van der Waals surface area (Å²) in [4.78, 5) is 11.0. The van der Waals surface area contributed by atoms with Crippen molar-refractivity contribution >= 4 is 6.29 Å². The first-order valence-electron chi connectivity index (χ1n) is 5.58. The van der Waals surface area contributed by atoms with Gasteiger partial charge >= 0.3 is 0 Å². The van der Waals surface area contributed by atoms with Gasteiger partial charge in [-0.1, -0.05) is 26.8 Å². The van der Waals surface area contributed by atoms with E-state index in [2.05, 4.69) is 20.8 Å². The van der Waals surface area contributed by atoms with Crippen LogP contribution < -0.4 is 4.74 Å². The summed E-state index contributed by atoms with van der Waals surface area (Å²) in [5.74, 6) is 0.738. The molecule has 2 nitrogen and oxygen atoms in total. The van der Waals surface area contributed by atoms with Crippen molar-refractivity contribution in [2.24, 2.45) is 5.41 Å². The number of rotatable bonds is 4. The molecule has 0 aromatic heterocycles. The summed E-state index contributed by atoms with van der Waals surface area (Å²) >= 11 is 0. The number of carbonyl (C=O) groups is 1.